The molecule has 0 saturated heterocycles. The van der Waals surface area contributed by atoms with Gasteiger partial charge >= 0.3 is 0 Å². The van der Waals surface area contributed by atoms with Gasteiger partial charge in [-0.15, -0.1) is 11.8 Å². The van der Waals surface area contributed by atoms with Crippen molar-refractivity contribution in [3.8, 4) is 5.75 Å². The molecule has 0 aliphatic heterocycles. The Morgan fingerprint density at radius 1 is 1.23 bits per heavy atom. The van der Waals surface area contributed by atoms with Gasteiger partial charge in [0, 0.05) is 29.1 Å². The van der Waals surface area contributed by atoms with Gasteiger partial charge in [-0.25, -0.2) is 0 Å². The average Bonchev–Trinajstić information content (AvgIpc) is 2.53. The molecule has 0 aromatic heterocycles. The van der Waals surface area contributed by atoms with Gasteiger partial charge in [-0.2, -0.15) is 0 Å². The maximum absolute atomic E-state index is 12.2. The number of rotatable bonds is 6. The Balaban J connectivity index is 1.92. The highest BCUT2D eigenvalue weighted by Crippen LogP contribution is 2.23. The lowest BCUT2D eigenvalue weighted by Crippen LogP contribution is -2.27. The van der Waals surface area contributed by atoms with Gasteiger partial charge in [0.2, 0.25) is 5.91 Å². The fourth-order valence-corrected chi connectivity index (χ4v) is 3.14. The molecule has 0 aliphatic rings. The Kier molecular flexibility index (Phi) is 6.16. The molecule has 0 spiro atoms. The summed E-state index contributed by atoms with van der Waals surface area (Å²) in [5.74, 6) is 1.24. The number of hydrogen-bond donors (Lipinski definition) is 0. The van der Waals surface area contributed by atoms with Crippen molar-refractivity contribution >= 4 is 29.3 Å². The summed E-state index contributed by atoms with van der Waals surface area (Å²) >= 11 is 7.43. The fraction of sp³-hybridized carbons (Fsp3) is 0.235. The summed E-state index contributed by atoms with van der Waals surface area (Å²) in [7, 11) is 3.43. The predicted octanol–water partition coefficient (Wildman–Crippen LogP) is 4.10. The second-order valence-corrected chi connectivity index (χ2v) is 6.29. The van der Waals surface area contributed by atoms with Crippen molar-refractivity contribution < 1.29 is 9.53 Å². The first-order valence-corrected chi connectivity index (χ1v) is 8.20. The number of ether oxygens (including phenoxy) is 1. The van der Waals surface area contributed by atoms with Crippen LogP contribution in [0.4, 0.5) is 0 Å². The van der Waals surface area contributed by atoms with E-state index < -0.39 is 0 Å². The molecular weight excluding hydrogens is 318 g/mol. The Morgan fingerprint density at radius 3 is 2.73 bits per heavy atom. The minimum atomic E-state index is 0.0656. The van der Waals surface area contributed by atoms with Crippen molar-refractivity contribution in [3.63, 3.8) is 0 Å². The number of thioether (sulfide) groups is 1. The maximum Gasteiger partial charge on any atom is 0.232 e. The highest BCUT2D eigenvalue weighted by molar-refractivity contribution is 8.00. The largest absolute Gasteiger partial charge is 0.496 e. The van der Waals surface area contributed by atoms with Gasteiger partial charge in [-0.1, -0.05) is 35.9 Å². The van der Waals surface area contributed by atoms with Crippen LogP contribution < -0.4 is 4.74 Å². The Bertz CT molecular complexity index is 648. The summed E-state index contributed by atoms with van der Waals surface area (Å²) in [6.45, 7) is 0.527. The second-order valence-electron chi connectivity index (χ2n) is 4.81. The number of para-hydroxylation sites is 1. The summed E-state index contributed by atoms with van der Waals surface area (Å²) in [4.78, 5) is 14.9. The topological polar surface area (TPSA) is 29.5 Å². The van der Waals surface area contributed by atoms with Crippen molar-refractivity contribution in [1.82, 2.24) is 4.90 Å². The van der Waals surface area contributed by atoms with E-state index in [1.165, 1.54) is 11.8 Å². The predicted molar refractivity (Wildman–Crippen MR) is 91.6 cm³/mol. The monoisotopic (exact) mass is 335 g/mol. The molecule has 1 amide bonds. The zero-order chi connectivity index (χ0) is 15.9. The number of halogens is 1. The van der Waals surface area contributed by atoms with E-state index in [2.05, 4.69) is 0 Å². The molecule has 2 aromatic rings. The molecule has 0 heterocycles. The first-order chi connectivity index (χ1) is 10.6. The van der Waals surface area contributed by atoms with Crippen LogP contribution in [0, 0.1) is 0 Å². The Morgan fingerprint density at radius 2 is 2.00 bits per heavy atom. The molecule has 0 saturated carbocycles. The smallest absolute Gasteiger partial charge is 0.232 e. The van der Waals surface area contributed by atoms with Gasteiger partial charge in [0.1, 0.15) is 5.75 Å². The van der Waals surface area contributed by atoms with Crippen LogP contribution in [0.2, 0.25) is 5.02 Å². The van der Waals surface area contributed by atoms with Crippen LogP contribution in [0.5, 0.6) is 5.75 Å². The van der Waals surface area contributed by atoms with Crippen molar-refractivity contribution in [1.29, 1.82) is 0 Å². The quantitative estimate of drug-likeness (QED) is 0.744. The summed E-state index contributed by atoms with van der Waals surface area (Å²) in [6, 6.07) is 15.2. The molecule has 0 atom stereocenters. The molecule has 0 aliphatic carbocycles. The second kappa shape index (κ2) is 8.11. The Labute approximate surface area is 140 Å². The van der Waals surface area contributed by atoms with E-state index in [4.69, 9.17) is 16.3 Å². The number of nitrogens with zero attached hydrogens (tertiary/aromatic N) is 1. The number of amides is 1. The number of carbonyl (C=O) groups is 1. The van der Waals surface area contributed by atoms with E-state index in [0.717, 1.165) is 16.2 Å². The molecule has 22 heavy (non-hydrogen) atoms. The van der Waals surface area contributed by atoms with Crippen molar-refractivity contribution in [2.75, 3.05) is 19.9 Å². The highest BCUT2D eigenvalue weighted by Gasteiger charge is 2.12. The van der Waals surface area contributed by atoms with Crippen LogP contribution in [-0.2, 0) is 11.3 Å². The lowest BCUT2D eigenvalue weighted by Gasteiger charge is -2.18. The molecular formula is C17H18ClNO2S. The third kappa shape index (κ3) is 4.68. The van der Waals surface area contributed by atoms with Crippen LogP contribution in [-0.4, -0.2) is 30.7 Å². The maximum atomic E-state index is 12.2. The van der Waals surface area contributed by atoms with Crippen molar-refractivity contribution in [3.05, 3.63) is 59.1 Å². The number of methoxy groups -OCH3 is 1. The third-order valence-corrected chi connectivity index (χ3v) is 4.40. The summed E-state index contributed by atoms with van der Waals surface area (Å²) < 4.78 is 5.31. The lowest BCUT2D eigenvalue weighted by molar-refractivity contribution is -0.127. The normalized spacial score (nSPS) is 10.3. The standard InChI is InChI=1S/C17H18ClNO2S/c1-19(11-13-6-3-4-9-16(13)21-2)17(20)12-22-15-8-5-7-14(18)10-15/h3-10H,11-12H2,1-2H3. The third-order valence-electron chi connectivity index (χ3n) is 3.18. The first-order valence-electron chi connectivity index (χ1n) is 6.84. The molecule has 2 rings (SSSR count). The SMILES string of the molecule is COc1ccccc1CN(C)C(=O)CSc1cccc(Cl)c1. The van der Waals surface area contributed by atoms with E-state index in [1.54, 1.807) is 19.1 Å². The summed E-state index contributed by atoms with van der Waals surface area (Å²) in [5, 5.41) is 0.680. The van der Waals surface area contributed by atoms with E-state index >= 15 is 0 Å². The molecule has 0 unspecified atom stereocenters. The molecule has 5 heteroatoms. The molecule has 0 radical (unpaired) electrons. The van der Waals surface area contributed by atoms with E-state index in [1.807, 2.05) is 48.5 Å². The zero-order valence-electron chi connectivity index (χ0n) is 12.6. The molecule has 3 nitrogen and oxygen atoms in total. The minimum Gasteiger partial charge on any atom is -0.496 e. The van der Waals surface area contributed by atoms with Crippen LogP contribution in [0.15, 0.2) is 53.4 Å². The van der Waals surface area contributed by atoms with Crippen LogP contribution in [0.3, 0.4) is 0 Å². The van der Waals surface area contributed by atoms with Crippen molar-refractivity contribution in [2.45, 2.75) is 11.4 Å². The lowest BCUT2D eigenvalue weighted by atomic mass is 10.2. The van der Waals surface area contributed by atoms with Gasteiger partial charge in [-0.05, 0) is 24.3 Å². The van der Waals surface area contributed by atoms with Crippen LogP contribution in [0.1, 0.15) is 5.56 Å². The zero-order valence-corrected chi connectivity index (χ0v) is 14.2. The minimum absolute atomic E-state index is 0.0656. The average molecular weight is 336 g/mol. The molecule has 116 valence electrons. The Hall–Kier alpha value is -1.65. The summed E-state index contributed by atoms with van der Waals surface area (Å²) in [5.41, 5.74) is 0.994. The highest BCUT2D eigenvalue weighted by atomic mass is 35.5. The molecule has 0 N–H and O–H groups in total. The van der Waals surface area contributed by atoms with Gasteiger partial charge in [0.15, 0.2) is 0 Å². The summed E-state index contributed by atoms with van der Waals surface area (Å²) in [6.07, 6.45) is 0. The number of benzene rings is 2. The van der Waals surface area contributed by atoms with Gasteiger partial charge in [-0.3, -0.25) is 4.79 Å². The van der Waals surface area contributed by atoms with Crippen LogP contribution in [0.25, 0.3) is 0 Å². The number of hydrogen-bond acceptors (Lipinski definition) is 3. The number of carbonyl (C=O) groups excluding carboxylic acids is 1. The van der Waals surface area contributed by atoms with Gasteiger partial charge in [0.25, 0.3) is 0 Å². The molecule has 2 aromatic carbocycles. The van der Waals surface area contributed by atoms with Gasteiger partial charge < -0.3 is 9.64 Å². The first kappa shape index (κ1) is 16.7. The van der Waals surface area contributed by atoms with Crippen molar-refractivity contribution in [2.24, 2.45) is 0 Å². The van der Waals surface area contributed by atoms with E-state index in [0.29, 0.717) is 17.3 Å². The molecule has 0 fully saturated rings. The van der Waals surface area contributed by atoms with E-state index in [-0.39, 0.29) is 5.91 Å². The van der Waals surface area contributed by atoms with Gasteiger partial charge in [0.05, 0.1) is 12.9 Å². The van der Waals surface area contributed by atoms with E-state index in [9.17, 15) is 4.79 Å². The fourth-order valence-electron chi connectivity index (χ4n) is 1.99. The molecule has 0 bridgehead atoms. The van der Waals surface area contributed by atoms with Crippen LogP contribution >= 0.6 is 23.4 Å².